The number of unbranched alkanes of at least 4 members (excludes halogenated alkanes) is 1. The number of nitrogens with one attached hydrogen (secondary N) is 2. The van der Waals surface area contributed by atoms with Crippen molar-refractivity contribution in [3.63, 3.8) is 0 Å². The lowest BCUT2D eigenvalue weighted by Crippen LogP contribution is -2.07. The van der Waals surface area contributed by atoms with Crippen LogP contribution < -0.4 is 16.4 Å². The normalized spacial score (nSPS) is 10.6. The minimum atomic E-state index is 0.293. The average Bonchev–Trinajstić information content (AvgIpc) is 2.27. The van der Waals surface area contributed by atoms with Crippen molar-refractivity contribution in [2.45, 2.75) is 33.1 Å². The van der Waals surface area contributed by atoms with Crippen LogP contribution in [0.3, 0.4) is 0 Å². The first kappa shape index (κ1) is 13.5. The molecule has 1 aromatic heterocycles. The van der Waals surface area contributed by atoms with Gasteiger partial charge < -0.3 is 16.4 Å². The van der Waals surface area contributed by atoms with E-state index in [2.05, 4.69) is 34.4 Å². The number of hydrogen-bond acceptors (Lipinski definition) is 5. The van der Waals surface area contributed by atoms with E-state index >= 15 is 0 Å². The molecule has 0 radical (unpaired) electrons. The highest BCUT2D eigenvalue weighted by Crippen LogP contribution is 2.12. The van der Waals surface area contributed by atoms with Gasteiger partial charge in [0.05, 0.1) is 0 Å². The molecule has 5 heteroatoms. The molecule has 0 saturated heterocycles. The molecule has 0 aliphatic heterocycles. The zero-order chi connectivity index (χ0) is 12.7. The van der Waals surface area contributed by atoms with Crippen molar-refractivity contribution in [1.29, 1.82) is 0 Å². The Hall–Kier alpha value is -1.52. The number of anilines is 3. The van der Waals surface area contributed by atoms with Gasteiger partial charge in [0.25, 0.3) is 0 Å². The third kappa shape index (κ3) is 5.38. The van der Waals surface area contributed by atoms with E-state index in [0.717, 1.165) is 30.5 Å². The van der Waals surface area contributed by atoms with Gasteiger partial charge in [-0.1, -0.05) is 26.7 Å². The van der Waals surface area contributed by atoms with Crippen molar-refractivity contribution >= 4 is 17.6 Å². The number of rotatable bonds is 7. The van der Waals surface area contributed by atoms with Crippen LogP contribution in [0.1, 0.15) is 33.1 Å². The van der Waals surface area contributed by atoms with Crippen molar-refractivity contribution in [1.82, 2.24) is 9.97 Å². The molecular formula is C12H23N5. The van der Waals surface area contributed by atoms with Crippen LogP contribution in [0.2, 0.25) is 0 Å². The molecule has 17 heavy (non-hydrogen) atoms. The van der Waals surface area contributed by atoms with Crippen LogP contribution in [-0.2, 0) is 0 Å². The molecule has 4 N–H and O–H groups in total. The van der Waals surface area contributed by atoms with Gasteiger partial charge in [-0.2, -0.15) is 9.97 Å². The molecule has 0 aliphatic carbocycles. The van der Waals surface area contributed by atoms with Gasteiger partial charge in [0.2, 0.25) is 5.95 Å². The summed E-state index contributed by atoms with van der Waals surface area (Å²) in [6.45, 7) is 5.42. The lowest BCUT2D eigenvalue weighted by atomic mass is 10.1. The number of nitrogens with zero attached hydrogens (tertiary/aromatic N) is 2. The summed E-state index contributed by atoms with van der Waals surface area (Å²) >= 11 is 0. The van der Waals surface area contributed by atoms with Crippen molar-refractivity contribution in [2.24, 2.45) is 5.92 Å². The second kappa shape index (κ2) is 6.93. The van der Waals surface area contributed by atoms with Crippen LogP contribution in [0.4, 0.5) is 17.6 Å². The fourth-order valence-corrected chi connectivity index (χ4v) is 1.58. The van der Waals surface area contributed by atoms with E-state index in [1.807, 2.05) is 13.1 Å². The lowest BCUT2D eigenvalue weighted by Gasteiger charge is -2.08. The Balaban J connectivity index is 2.33. The van der Waals surface area contributed by atoms with Gasteiger partial charge in [0, 0.05) is 19.7 Å². The molecule has 1 heterocycles. The van der Waals surface area contributed by atoms with Gasteiger partial charge >= 0.3 is 0 Å². The highest BCUT2D eigenvalue weighted by Gasteiger charge is 2.00. The van der Waals surface area contributed by atoms with Gasteiger partial charge in [-0.15, -0.1) is 0 Å². The third-order valence-electron chi connectivity index (χ3n) is 2.51. The van der Waals surface area contributed by atoms with E-state index in [9.17, 15) is 0 Å². The Morgan fingerprint density at radius 1 is 1.24 bits per heavy atom. The molecule has 0 amide bonds. The molecule has 0 aromatic carbocycles. The van der Waals surface area contributed by atoms with Gasteiger partial charge in [0.15, 0.2) is 0 Å². The predicted molar refractivity (Wildman–Crippen MR) is 73.2 cm³/mol. The Morgan fingerprint density at radius 2 is 1.94 bits per heavy atom. The van der Waals surface area contributed by atoms with Crippen molar-refractivity contribution in [2.75, 3.05) is 30.0 Å². The van der Waals surface area contributed by atoms with Crippen molar-refractivity contribution in [3.05, 3.63) is 6.07 Å². The Bertz CT molecular complexity index is 338. The van der Waals surface area contributed by atoms with Gasteiger partial charge in [0.1, 0.15) is 11.6 Å². The number of hydrogen-bond donors (Lipinski definition) is 3. The van der Waals surface area contributed by atoms with Gasteiger partial charge in [-0.3, -0.25) is 0 Å². The van der Waals surface area contributed by atoms with E-state index in [-0.39, 0.29) is 0 Å². The molecule has 0 bridgehead atoms. The molecule has 1 aromatic rings. The van der Waals surface area contributed by atoms with Gasteiger partial charge in [-0.05, 0) is 12.3 Å². The molecule has 0 saturated carbocycles. The second-order valence-corrected chi connectivity index (χ2v) is 4.56. The smallest absolute Gasteiger partial charge is 0.223 e. The monoisotopic (exact) mass is 237 g/mol. The molecule has 0 aliphatic rings. The molecule has 1 rings (SSSR count). The van der Waals surface area contributed by atoms with E-state index in [0.29, 0.717) is 5.95 Å². The molecule has 0 spiro atoms. The zero-order valence-electron chi connectivity index (χ0n) is 11.0. The summed E-state index contributed by atoms with van der Waals surface area (Å²) in [4.78, 5) is 8.17. The average molecular weight is 237 g/mol. The van der Waals surface area contributed by atoms with E-state index < -0.39 is 0 Å². The van der Waals surface area contributed by atoms with Crippen molar-refractivity contribution < 1.29 is 0 Å². The maximum absolute atomic E-state index is 5.60. The van der Waals surface area contributed by atoms with Crippen LogP contribution in [0, 0.1) is 5.92 Å². The summed E-state index contributed by atoms with van der Waals surface area (Å²) in [5.41, 5.74) is 5.60. The number of aromatic nitrogens is 2. The second-order valence-electron chi connectivity index (χ2n) is 4.56. The first-order chi connectivity index (χ1) is 8.11. The zero-order valence-corrected chi connectivity index (χ0v) is 11.0. The molecule has 0 atom stereocenters. The molecular weight excluding hydrogens is 214 g/mol. The molecule has 0 fully saturated rings. The number of nitrogens with two attached hydrogens (primary N) is 1. The minimum Gasteiger partial charge on any atom is -0.373 e. The summed E-state index contributed by atoms with van der Waals surface area (Å²) in [6, 6.07) is 1.86. The van der Waals surface area contributed by atoms with Crippen molar-refractivity contribution in [3.8, 4) is 0 Å². The Labute approximate surface area is 103 Å². The molecule has 5 nitrogen and oxygen atoms in total. The minimum absolute atomic E-state index is 0.293. The fourth-order valence-electron chi connectivity index (χ4n) is 1.58. The standard InChI is InChI=1S/C12H23N5/c1-9(2)6-4-5-7-15-11-8-10(14-3)16-12(13)17-11/h8-9H,4-7H2,1-3H3,(H4,13,14,15,16,17). The summed E-state index contributed by atoms with van der Waals surface area (Å²) in [6.07, 6.45) is 3.66. The topological polar surface area (TPSA) is 75.9 Å². The van der Waals surface area contributed by atoms with Crippen LogP contribution in [-0.4, -0.2) is 23.6 Å². The van der Waals surface area contributed by atoms with Crippen LogP contribution in [0.25, 0.3) is 0 Å². The molecule has 96 valence electrons. The van der Waals surface area contributed by atoms with E-state index in [1.54, 1.807) is 0 Å². The quantitative estimate of drug-likeness (QED) is 0.635. The Morgan fingerprint density at radius 3 is 2.59 bits per heavy atom. The SMILES string of the molecule is CNc1cc(NCCCCC(C)C)nc(N)n1. The van der Waals surface area contributed by atoms with Crippen LogP contribution >= 0.6 is 0 Å². The Kier molecular flexibility index (Phi) is 5.52. The van der Waals surface area contributed by atoms with Gasteiger partial charge in [-0.25, -0.2) is 0 Å². The lowest BCUT2D eigenvalue weighted by molar-refractivity contribution is 0.544. The summed E-state index contributed by atoms with van der Waals surface area (Å²) < 4.78 is 0. The molecule has 0 unspecified atom stereocenters. The van der Waals surface area contributed by atoms with Crippen LogP contribution in [0.5, 0.6) is 0 Å². The first-order valence-corrected chi connectivity index (χ1v) is 6.18. The first-order valence-electron chi connectivity index (χ1n) is 6.18. The highest BCUT2D eigenvalue weighted by atomic mass is 15.1. The highest BCUT2D eigenvalue weighted by molar-refractivity contribution is 5.50. The summed E-state index contributed by atoms with van der Waals surface area (Å²) in [7, 11) is 1.81. The predicted octanol–water partition coefficient (Wildman–Crippen LogP) is 2.34. The van der Waals surface area contributed by atoms with E-state index in [1.165, 1.54) is 12.8 Å². The fraction of sp³-hybridized carbons (Fsp3) is 0.667. The third-order valence-corrected chi connectivity index (χ3v) is 2.51. The maximum atomic E-state index is 5.60. The maximum Gasteiger partial charge on any atom is 0.223 e. The largest absolute Gasteiger partial charge is 0.373 e. The van der Waals surface area contributed by atoms with E-state index in [4.69, 9.17) is 5.73 Å². The summed E-state index contributed by atoms with van der Waals surface area (Å²) in [5, 5.41) is 6.22. The number of nitrogen functional groups attached to an aromatic ring is 1. The van der Waals surface area contributed by atoms with Crippen LogP contribution in [0.15, 0.2) is 6.07 Å². The summed E-state index contributed by atoms with van der Waals surface area (Å²) in [5.74, 6) is 2.59.